The van der Waals surface area contributed by atoms with Crippen LogP contribution in [0.25, 0.3) is 16.6 Å². The van der Waals surface area contributed by atoms with E-state index in [-0.39, 0.29) is 63.9 Å². The normalized spacial score (nSPS) is 20.6. The van der Waals surface area contributed by atoms with Crippen LogP contribution in [-0.2, 0) is 12.0 Å². The van der Waals surface area contributed by atoms with Crippen LogP contribution in [0, 0.1) is 5.82 Å². The van der Waals surface area contributed by atoms with Crippen molar-refractivity contribution >= 4 is 39.9 Å². The molecule has 0 saturated heterocycles. The maximum Gasteiger partial charge on any atom is 0.356 e. The lowest BCUT2D eigenvalue weighted by Crippen LogP contribution is -2.28. The van der Waals surface area contributed by atoms with Crippen LogP contribution in [0.2, 0.25) is 5.15 Å². The third kappa shape index (κ3) is 3.53. The zero-order valence-electron chi connectivity index (χ0n) is 17.7. The van der Waals surface area contributed by atoms with Gasteiger partial charge in [0.25, 0.3) is 5.56 Å². The van der Waals surface area contributed by atoms with E-state index in [0.29, 0.717) is 6.42 Å². The number of halogens is 4. The molecule has 2 N–H and O–H groups in total. The van der Waals surface area contributed by atoms with Crippen LogP contribution < -0.4 is 10.9 Å². The number of carboxylic acid groups (broad SMARTS) is 1. The molecule has 3 aromatic rings. The smallest absolute Gasteiger partial charge is 0.356 e. The molecule has 1 aliphatic carbocycles. The maximum absolute atomic E-state index is 14.5. The fraction of sp³-hybridized carbons (Fsp3) is 0.304. The maximum atomic E-state index is 14.5. The first kappa shape index (κ1) is 22.4. The Kier molecular flexibility index (Phi) is 4.98. The highest BCUT2D eigenvalue weighted by Crippen LogP contribution is 2.52. The Hall–Kier alpha value is -3.40. The van der Waals surface area contributed by atoms with Gasteiger partial charge in [-0.25, -0.2) is 27.9 Å². The van der Waals surface area contributed by atoms with Crippen LogP contribution >= 0.6 is 11.6 Å². The Morgan fingerprint density at radius 2 is 1.97 bits per heavy atom. The molecular weight excluding hydrogens is 473 g/mol. The lowest BCUT2D eigenvalue weighted by molar-refractivity contribution is 0.00241. The molecule has 1 spiro atoms. The second kappa shape index (κ2) is 7.56. The molecule has 1 aromatic carbocycles. The third-order valence-electron chi connectivity index (χ3n) is 6.55. The second-order valence-corrected chi connectivity index (χ2v) is 9.13. The molecule has 7 nitrogen and oxygen atoms in total. The SMILES string of the molecule is C=C(Nc1ccc(Cl)nc1C(=O)O)c1cc(F)cc2c(=O)n3c(nc12)[C@@]1(CC3)CCC(F)(F)C1. The number of carbonyl (C=O) groups is 1. The van der Waals surface area contributed by atoms with Crippen molar-refractivity contribution in [3.05, 3.63) is 69.3 Å². The van der Waals surface area contributed by atoms with E-state index in [9.17, 15) is 27.9 Å². The Morgan fingerprint density at radius 3 is 2.65 bits per heavy atom. The summed E-state index contributed by atoms with van der Waals surface area (Å²) in [4.78, 5) is 33.1. The molecule has 1 atom stereocenters. The fourth-order valence-electron chi connectivity index (χ4n) is 5.00. The largest absolute Gasteiger partial charge is 0.476 e. The van der Waals surface area contributed by atoms with Crippen molar-refractivity contribution in [2.75, 3.05) is 5.32 Å². The van der Waals surface area contributed by atoms with Crippen LogP contribution in [-0.4, -0.2) is 31.5 Å². The first-order chi connectivity index (χ1) is 16.0. The van der Waals surface area contributed by atoms with E-state index in [1.807, 2.05) is 0 Å². The molecule has 1 saturated carbocycles. The average Bonchev–Trinajstić information content (AvgIpc) is 3.28. The standard InChI is InChI=1S/C23H18ClF3N4O3/c1-11(28-15-2-3-16(24)29-18(15)20(33)34)13-8-12(25)9-14-17(13)30-21-22(4-5-23(26,27)10-22)6-7-31(21)19(14)32/h2-3,8-9,28H,1,4-7,10H2,(H,33,34)/t22-/m1/s1. The van der Waals surface area contributed by atoms with E-state index in [0.717, 1.165) is 12.1 Å². The van der Waals surface area contributed by atoms with Gasteiger partial charge in [0.05, 0.1) is 16.6 Å². The Bertz CT molecular complexity index is 1460. The summed E-state index contributed by atoms with van der Waals surface area (Å²) in [6.07, 6.45) is -0.123. The summed E-state index contributed by atoms with van der Waals surface area (Å²) in [6, 6.07) is 4.90. The molecule has 11 heteroatoms. The first-order valence-corrected chi connectivity index (χ1v) is 10.9. The summed E-state index contributed by atoms with van der Waals surface area (Å²) in [5.74, 6) is -4.65. The molecular formula is C23H18ClF3N4O3. The molecule has 2 aromatic heterocycles. The number of anilines is 1. The molecule has 1 aliphatic heterocycles. The molecule has 0 radical (unpaired) electrons. The minimum absolute atomic E-state index is 0.0174. The van der Waals surface area contributed by atoms with Gasteiger partial charge in [0.15, 0.2) is 5.69 Å². The van der Waals surface area contributed by atoms with Crippen LogP contribution in [0.4, 0.5) is 18.9 Å². The molecule has 2 aliphatic rings. The number of nitrogens with one attached hydrogen (secondary N) is 1. The molecule has 5 rings (SSSR count). The summed E-state index contributed by atoms with van der Waals surface area (Å²) >= 11 is 5.79. The summed E-state index contributed by atoms with van der Waals surface area (Å²) in [5.41, 5.74) is -1.51. The molecule has 1 fully saturated rings. The predicted molar refractivity (Wildman–Crippen MR) is 120 cm³/mol. The van der Waals surface area contributed by atoms with Gasteiger partial charge in [0, 0.05) is 36.1 Å². The van der Waals surface area contributed by atoms with Crippen LogP contribution in [0.5, 0.6) is 0 Å². The quantitative estimate of drug-likeness (QED) is 0.509. The molecule has 176 valence electrons. The van der Waals surface area contributed by atoms with Gasteiger partial charge in [0.1, 0.15) is 16.8 Å². The Morgan fingerprint density at radius 1 is 1.21 bits per heavy atom. The predicted octanol–water partition coefficient (Wildman–Crippen LogP) is 4.83. The van der Waals surface area contributed by atoms with Gasteiger partial charge in [-0.05, 0) is 37.1 Å². The first-order valence-electron chi connectivity index (χ1n) is 10.5. The number of fused-ring (bicyclic) bond motifs is 3. The van der Waals surface area contributed by atoms with Crippen molar-refractivity contribution in [2.45, 2.75) is 43.6 Å². The average molecular weight is 491 g/mol. The number of benzene rings is 1. The summed E-state index contributed by atoms with van der Waals surface area (Å²) in [7, 11) is 0. The number of nitrogens with zero attached hydrogens (tertiary/aromatic N) is 3. The van der Waals surface area contributed by atoms with E-state index in [1.54, 1.807) is 0 Å². The zero-order valence-corrected chi connectivity index (χ0v) is 18.4. The summed E-state index contributed by atoms with van der Waals surface area (Å²) < 4.78 is 44.1. The zero-order chi connectivity index (χ0) is 24.4. The topological polar surface area (TPSA) is 97.1 Å². The van der Waals surface area contributed by atoms with Gasteiger partial charge < -0.3 is 10.4 Å². The van der Waals surface area contributed by atoms with Crippen molar-refractivity contribution in [3.63, 3.8) is 0 Å². The van der Waals surface area contributed by atoms with E-state index in [4.69, 9.17) is 11.6 Å². The molecule has 34 heavy (non-hydrogen) atoms. The Balaban J connectivity index is 1.65. The summed E-state index contributed by atoms with van der Waals surface area (Å²) in [5, 5.41) is 12.2. The third-order valence-corrected chi connectivity index (χ3v) is 6.76. The highest BCUT2D eigenvalue weighted by Gasteiger charge is 2.54. The number of aromatic carboxylic acids is 1. The van der Waals surface area contributed by atoms with Gasteiger partial charge in [-0.2, -0.15) is 0 Å². The van der Waals surface area contributed by atoms with Crippen molar-refractivity contribution in [2.24, 2.45) is 0 Å². The lowest BCUT2D eigenvalue weighted by atomic mass is 9.84. The minimum atomic E-state index is -2.84. The van der Waals surface area contributed by atoms with Gasteiger partial charge in [-0.1, -0.05) is 18.2 Å². The highest BCUT2D eigenvalue weighted by molar-refractivity contribution is 6.29. The minimum Gasteiger partial charge on any atom is -0.476 e. The van der Waals surface area contributed by atoms with Crippen LogP contribution in [0.15, 0.2) is 35.6 Å². The van der Waals surface area contributed by atoms with Crippen molar-refractivity contribution in [1.29, 1.82) is 0 Å². The fourth-order valence-corrected chi connectivity index (χ4v) is 5.15. The van der Waals surface area contributed by atoms with Crippen molar-refractivity contribution < 1.29 is 23.1 Å². The number of aromatic nitrogens is 3. The van der Waals surface area contributed by atoms with Crippen LogP contribution in [0.1, 0.15) is 47.6 Å². The molecule has 3 heterocycles. The van der Waals surface area contributed by atoms with Gasteiger partial charge in [-0.15, -0.1) is 0 Å². The summed E-state index contributed by atoms with van der Waals surface area (Å²) in [6.45, 7) is 4.10. The van der Waals surface area contributed by atoms with E-state index < -0.39 is 35.1 Å². The highest BCUT2D eigenvalue weighted by atomic mass is 35.5. The number of hydrogen-bond donors (Lipinski definition) is 2. The number of hydrogen-bond acceptors (Lipinski definition) is 5. The Labute approximate surface area is 195 Å². The monoisotopic (exact) mass is 490 g/mol. The van der Waals surface area contributed by atoms with Crippen molar-refractivity contribution in [1.82, 2.24) is 14.5 Å². The van der Waals surface area contributed by atoms with E-state index >= 15 is 0 Å². The number of rotatable bonds is 4. The van der Waals surface area contributed by atoms with Crippen molar-refractivity contribution in [3.8, 4) is 0 Å². The second-order valence-electron chi connectivity index (χ2n) is 8.74. The number of pyridine rings is 1. The number of carboxylic acids is 1. The number of alkyl halides is 2. The molecule has 0 amide bonds. The van der Waals surface area contributed by atoms with E-state index in [1.165, 1.54) is 16.7 Å². The van der Waals surface area contributed by atoms with Gasteiger partial charge in [0.2, 0.25) is 5.92 Å². The van der Waals surface area contributed by atoms with Gasteiger partial charge in [-0.3, -0.25) is 9.36 Å². The lowest BCUT2D eigenvalue weighted by Gasteiger charge is -2.23. The molecule has 0 bridgehead atoms. The van der Waals surface area contributed by atoms with E-state index in [2.05, 4.69) is 21.9 Å². The molecule has 0 unspecified atom stereocenters. The van der Waals surface area contributed by atoms with Crippen LogP contribution in [0.3, 0.4) is 0 Å². The van der Waals surface area contributed by atoms with Gasteiger partial charge >= 0.3 is 5.97 Å².